The zero-order chi connectivity index (χ0) is 26.4. The molecule has 1 unspecified atom stereocenters. The number of nitrogens with one attached hydrogen (secondary N) is 2. The van der Waals surface area contributed by atoms with Gasteiger partial charge in [-0.3, -0.25) is 9.36 Å². The Kier molecular flexibility index (Phi) is 8.97. The zero-order valence-electron chi connectivity index (χ0n) is 20.6. The van der Waals surface area contributed by atoms with Crippen LogP contribution in [0.1, 0.15) is 19.1 Å². The standard InChI is InChI=1S/C24H34N8O5/c1-26-9-5-10-31(11-8-16(25)24(35)36)12-17-19(33)20(34)23(37-17)32-14-29-18-21(27-13-28-22(18)32)30-15-6-3-2-4-7-15/h2-4,6-7,13-14,16-17,19-20,23,26,33-34H,5,8-12,25H2,1H3,(H,35,36)(H,27,28,30)/t16?,17-,19-,20-,23-/m1/s1. The smallest absolute Gasteiger partial charge is 0.320 e. The number of para-hydroxylation sites is 1. The van der Waals surface area contributed by atoms with Crippen LogP contribution in [-0.2, 0) is 9.53 Å². The van der Waals surface area contributed by atoms with Gasteiger partial charge in [0.15, 0.2) is 23.2 Å². The number of nitrogens with two attached hydrogens (primary N) is 1. The molecule has 13 heteroatoms. The number of aliphatic hydroxyl groups excluding tert-OH is 2. The lowest BCUT2D eigenvalue weighted by Gasteiger charge is -2.27. The van der Waals surface area contributed by atoms with Crippen molar-refractivity contribution in [3.8, 4) is 0 Å². The number of nitrogens with zero attached hydrogens (tertiary/aromatic N) is 5. The second-order valence-corrected chi connectivity index (χ2v) is 9.07. The average molecular weight is 515 g/mol. The summed E-state index contributed by atoms with van der Waals surface area (Å²) in [6.07, 6.45) is -0.0282. The third kappa shape index (κ3) is 6.39. The lowest BCUT2D eigenvalue weighted by atomic mass is 10.1. The molecule has 2 aromatic heterocycles. The molecule has 0 bridgehead atoms. The Morgan fingerprint density at radius 3 is 2.70 bits per heavy atom. The predicted molar refractivity (Wildman–Crippen MR) is 136 cm³/mol. The molecular weight excluding hydrogens is 480 g/mol. The van der Waals surface area contributed by atoms with Crippen LogP contribution in [0.3, 0.4) is 0 Å². The highest BCUT2D eigenvalue weighted by molar-refractivity contribution is 5.85. The number of anilines is 2. The molecule has 4 rings (SSSR count). The van der Waals surface area contributed by atoms with Gasteiger partial charge in [-0.1, -0.05) is 18.2 Å². The topological polar surface area (TPSA) is 184 Å². The van der Waals surface area contributed by atoms with Crippen LogP contribution in [0.5, 0.6) is 0 Å². The summed E-state index contributed by atoms with van der Waals surface area (Å²) in [7, 11) is 1.86. The van der Waals surface area contributed by atoms with E-state index >= 15 is 0 Å². The van der Waals surface area contributed by atoms with Gasteiger partial charge in [0.05, 0.1) is 6.33 Å². The second kappa shape index (κ2) is 12.4. The Bertz CT molecular complexity index is 1160. The van der Waals surface area contributed by atoms with Crippen LogP contribution >= 0.6 is 0 Å². The molecule has 37 heavy (non-hydrogen) atoms. The van der Waals surface area contributed by atoms with Gasteiger partial charge in [-0.2, -0.15) is 0 Å². The Morgan fingerprint density at radius 2 is 1.97 bits per heavy atom. The summed E-state index contributed by atoms with van der Waals surface area (Å²) in [6.45, 7) is 2.14. The molecule has 0 saturated carbocycles. The van der Waals surface area contributed by atoms with E-state index in [2.05, 4.69) is 25.6 Å². The van der Waals surface area contributed by atoms with Crippen LogP contribution in [-0.4, -0.2) is 103 Å². The molecule has 3 heterocycles. The molecule has 7 N–H and O–H groups in total. The lowest BCUT2D eigenvalue weighted by molar-refractivity contribution is -0.138. The number of carbonyl (C=O) groups is 1. The maximum Gasteiger partial charge on any atom is 0.320 e. The van der Waals surface area contributed by atoms with E-state index in [0.717, 1.165) is 18.7 Å². The number of imidazole rings is 1. The molecule has 1 aromatic carbocycles. The van der Waals surface area contributed by atoms with Crippen molar-refractivity contribution in [2.45, 2.75) is 43.4 Å². The van der Waals surface area contributed by atoms with E-state index in [-0.39, 0.29) is 6.42 Å². The van der Waals surface area contributed by atoms with E-state index in [0.29, 0.717) is 36.6 Å². The van der Waals surface area contributed by atoms with Gasteiger partial charge < -0.3 is 41.3 Å². The van der Waals surface area contributed by atoms with Crippen LogP contribution in [0.25, 0.3) is 11.2 Å². The van der Waals surface area contributed by atoms with Crippen molar-refractivity contribution in [3.05, 3.63) is 43.0 Å². The maximum atomic E-state index is 11.1. The van der Waals surface area contributed by atoms with Crippen molar-refractivity contribution in [1.82, 2.24) is 29.7 Å². The summed E-state index contributed by atoms with van der Waals surface area (Å²) in [5.74, 6) is -0.553. The summed E-state index contributed by atoms with van der Waals surface area (Å²) in [5, 5.41) is 37.1. The SMILES string of the molecule is CNCCCN(CCC(N)C(=O)O)C[C@H]1O[C@@H](n2cnc3c(Nc4ccccc4)ncnc32)[C@H](O)[C@@H]1O. The average Bonchev–Trinajstić information content (AvgIpc) is 3.44. The molecule has 200 valence electrons. The number of aliphatic carboxylic acids is 1. The van der Waals surface area contributed by atoms with Crippen molar-refractivity contribution < 1.29 is 24.9 Å². The summed E-state index contributed by atoms with van der Waals surface area (Å²) in [6, 6.07) is 8.55. The molecule has 1 fully saturated rings. The fourth-order valence-electron chi connectivity index (χ4n) is 4.37. The molecule has 1 saturated heterocycles. The fourth-order valence-corrected chi connectivity index (χ4v) is 4.37. The quantitative estimate of drug-likeness (QED) is 0.167. The molecule has 1 aliphatic heterocycles. The summed E-state index contributed by atoms with van der Waals surface area (Å²) < 4.78 is 7.71. The van der Waals surface area contributed by atoms with Gasteiger partial charge in [0, 0.05) is 18.8 Å². The van der Waals surface area contributed by atoms with Gasteiger partial charge in [-0.25, -0.2) is 15.0 Å². The van der Waals surface area contributed by atoms with Crippen LogP contribution in [0.15, 0.2) is 43.0 Å². The number of fused-ring (bicyclic) bond motifs is 1. The minimum atomic E-state index is -1.22. The molecule has 3 aromatic rings. The molecular formula is C24H34N8O5. The van der Waals surface area contributed by atoms with Crippen LogP contribution in [0.4, 0.5) is 11.5 Å². The van der Waals surface area contributed by atoms with Crippen molar-refractivity contribution in [3.63, 3.8) is 0 Å². The Labute approximate surface area is 214 Å². The Morgan fingerprint density at radius 1 is 1.19 bits per heavy atom. The highest BCUT2D eigenvalue weighted by Crippen LogP contribution is 2.33. The number of ether oxygens (including phenoxy) is 1. The number of hydrogen-bond acceptors (Lipinski definition) is 11. The molecule has 0 spiro atoms. The van der Waals surface area contributed by atoms with Gasteiger partial charge in [0.1, 0.15) is 30.7 Å². The molecule has 1 aliphatic rings. The third-order valence-corrected chi connectivity index (χ3v) is 6.42. The van der Waals surface area contributed by atoms with Crippen LogP contribution in [0, 0.1) is 0 Å². The van der Waals surface area contributed by atoms with Gasteiger partial charge in [-0.05, 0) is 45.1 Å². The van der Waals surface area contributed by atoms with E-state index < -0.39 is 36.6 Å². The largest absolute Gasteiger partial charge is 0.480 e. The highest BCUT2D eigenvalue weighted by Gasteiger charge is 2.44. The summed E-state index contributed by atoms with van der Waals surface area (Å²) >= 11 is 0. The van der Waals surface area contributed by atoms with Crippen LogP contribution in [0.2, 0.25) is 0 Å². The highest BCUT2D eigenvalue weighted by atomic mass is 16.6. The predicted octanol–water partition coefficient (Wildman–Crippen LogP) is -0.0974. The van der Waals surface area contributed by atoms with Gasteiger partial charge in [0.25, 0.3) is 0 Å². The maximum absolute atomic E-state index is 11.1. The van der Waals surface area contributed by atoms with Gasteiger partial charge >= 0.3 is 5.97 Å². The van der Waals surface area contributed by atoms with Gasteiger partial charge in [0.2, 0.25) is 0 Å². The van der Waals surface area contributed by atoms with E-state index in [4.69, 9.17) is 15.6 Å². The fraction of sp³-hybridized carbons (Fsp3) is 0.500. The molecule has 0 radical (unpaired) electrons. The molecule has 0 amide bonds. The minimum absolute atomic E-state index is 0.254. The third-order valence-electron chi connectivity index (χ3n) is 6.42. The number of aliphatic hydroxyl groups is 2. The summed E-state index contributed by atoms with van der Waals surface area (Å²) in [4.78, 5) is 26.2. The molecule has 0 aliphatic carbocycles. The first-order valence-corrected chi connectivity index (χ1v) is 12.3. The number of benzene rings is 1. The summed E-state index contributed by atoms with van der Waals surface area (Å²) in [5.41, 5.74) is 7.47. The van der Waals surface area contributed by atoms with Gasteiger partial charge in [-0.15, -0.1) is 0 Å². The number of rotatable bonds is 13. The number of carboxylic acids is 1. The van der Waals surface area contributed by atoms with Crippen molar-refractivity contribution in [2.24, 2.45) is 5.73 Å². The first-order valence-electron chi connectivity index (χ1n) is 12.3. The molecule has 5 atom stereocenters. The van der Waals surface area contributed by atoms with E-state index in [1.165, 1.54) is 12.7 Å². The lowest BCUT2D eigenvalue weighted by Crippen LogP contribution is -2.43. The van der Waals surface area contributed by atoms with Crippen molar-refractivity contribution in [2.75, 3.05) is 38.5 Å². The van der Waals surface area contributed by atoms with Crippen molar-refractivity contribution >= 4 is 28.6 Å². The van der Waals surface area contributed by atoms with E-state index in [1.54, 1.807) is 4.57 Å². The second-order valence-electron chi connectivity index (χ2n) is 9.07. The Balaban J connectivity index is 1.49. The van der Waals surface area contributed by atoms with Crippen LogP contribution < -0.4 is 16.4 Å². The van der Waals surface area contributed by atoms with E-state index in [1.807, 2.05) is 42.3 Å². The van der Waals surface area contributed by atoms with Crippen molar-refractivity contribution in [1.29, 1.82) is 0 Å². The minimum Gasteiger partial charge on any atom is -0.480 e. The number of aromatic nitrogens is 4. The first-order chi connectivity index (χ1) is 17.9. The number of carboxylic acid groups (broad SMARTS) is 1. The Hall–Kier alpha value is -3.20. The molecule has 13 nitrogen and oxygen atoms in total. The normalized spacial score (nSPS) is 22.5. The zero-order valence-corrected chi connectivity index (χ0v) is 20.6. The number of hydrogen-bond donors (Lipinski definition) is 6. The first kappa shape index (κ1) is 26.9. The van der Waals surface area contributed by atoms with E-state index in [9.17, 15) is 15.0 Å². The monoisotopic (exact) mass is 514 g/mol.